The monoisotopic (exact) mass is 520 g/mol. The van der Waals surface area contributed by atoms with Crippen LogP contribution in [0.4, 0.5) is 0 Å². The Hall–Kier alpha value is -3.77. The number of rotatable bonds is 7. The first kappa shape index (κ1) is 23.6. The Kier molecular flexibility index (Phi) is 6.13. The summed E-state index contributed by atoms with van der Waals surface area (Å²) in [7, 11) is 2.14. The second-order valence-corrected chi connectivity index (χ2v) is 10.7. The maximum absolute atomic E-state index is 12.8. The maximum Gasteiger partial charge on any atom is 0.326 e. The second kappa shape index (κ2) is 9.60. The number of H-pyrrole nitrogens is 2. The predicted molar refractivity (Wildman–Crippen MR) is 139 cm³/mol. The molecule has 4 N–H and O–H groups in total. The molecule has 5 heterocycles. The van der Waals surface area contributed by atoms with Crippen molar-refractivity contribution in [3.8, 4) is 16.5 Å². The zero-order valence-electron chi connectivity index (χ0n) is 20.4. The molecule has 0 radical (unpaired) electrons. The number of nitrogens with one attached hydrogen (secondary N) is 3. The molecule has 2 fully saturated rings. The maximum atomic E-state index is 12.8. The van der Waals surface area contributed by atoms with Crippen molar-refractivity contribution >= 4 is 29.0 Å². The van der Waals surface area contributed by atoms with Gasteiger partial charge in [0.25, 0.3) is 5.91 Å². The Morgan fingerprint density at radius 2 is 2.19 bits per heavy atom. The number of carbonyl (C=O) groups is 1. The van der Waals surface area contributed by atoms with Crippen LogP contribution in [0, 0.1) is 0 Å². The normalized spacial score (nSPS) is 19.3. The van der Waals surface area contributed by atoms with Crippen molar-refractivity contribution in [2.24, 2.45) is 4.99 Å². The Bertz CT molecular complexity index is 1640. The first-order valence-corrected chi connectivity index (χ1v) is 13.3. The average Bonchev–Trinajstić information content (AvgIpc) is 3.22. The van der Waals surface area contributed by atoms with Crippen molar-refractivity contribution in [3.05, 3.63) is 56.2 Å². The summed E-state index contributed by atoms with van der Waals surface area (Å²) in [4.78, 5) is 42.7. The van der Waals surface area contributed by atoms with E-state index in [0.717, 1.165) is 30.7 Å². The summed E-state index contributed by atoms with van der Waals surface area (Å²) in [5.74, 6) is -0.331. The molecule has 0 aromatic carbocycles. The zero-order valence-corrected chi connectivity index (χ0v) is 21.2. The van der Waals surface area contributed by atoms with E-state index in [1.807, 2.05) is 18.2 Å². The lowest BCUT2D eigenvalue weighted by Crippen LogP contribution is -2.31. The van der Waals surface area contributed by atoms with Gasteiger partial charge < -0.3 is 20.3 Å². The lowest BCUT2D eigenvalue weighted by atomic mass is 10.1. The molecule has 12 heteroatoms. The Morgan fingerprint density at radius 3 is 2.92 bits per heavy atom. The molecule has 11 nitrogen and oxygen atoms in total. The fourth-order valence-corrected chi connectivity index (χ4v) is 5.59. The van der Waals surface area contributed by atoms with Gasteiger partial charge in [-0.1, -0.05) is 0 Å². The fraction of sp³-hybridized carbons (Fsp3) is 0.400. The molecule has 1 saturated heterocycles. The first-order chi connectivity index (χ1) is 17.9. The molecule has 192 valence electrons. The molecular formula is C25H28N8O3S. The van der Waals surface area contributed by atoms with Crippen molar-refractivity contribution in [2.75, 3.05) is 20.1 Å². The number of fused-ring (bicyclic) bond motifs is 1. The third kappa shape index (κ3) is 4.94. The number of hydrogen-bond acceptors (Lipinski definition) is 8. The van der Waals surface area contributed by atoms with E-state index in [0.29, 0.717) is 39.5 Å². The molecule has 0 bridgehead atoms. The molecule has 1 amide bonds. The van der Waals surface area contributed by atoms with Crippen LogP contribution in [-0.2, 0) is 0 Å². The van der Waals surface area contributed by atoms with E-state index in [9.17, 15) is 14.7 Å². The zero-order chi connectivity index (χ0) is 25.5. The number of aromatic hydroxyl groups is 1. The van der Waals surface area contributed by atoms with E-state index in [2.05, 4.69) is 32.3 Å². The van der Waals surface area contributed by atoms with Gasteiger partial charge in [0.1, 0.15) is 5.69 Å². The SMILES string of the molecule is CN1CCCC1CCNC(=O)c1ccc(-c2cc(=NC3CC3)n3ncc(=Cc4[nH]c(=O)[nH]c4O)c3n2)s1. The van der Waals surface area contributed by atoms with E-state index in [-0.39, 0.29) is 23.5 Å². The predicted octanol–water partition coefficient (Wildman–Crippen LogP) is 1.00. The van der Waals surface area contributed by atoms with Crippen LogP contribution < -0.4 is 21.7 Å². The van der Waals surface area contributed by atoms with Gasteiger partial charge >= 0.3 is 5.69 Å². The molecule has 0 spiro atoms. The van der Waals surface area contributed by atoms with Crippen molar-refractivity contribution in [2.45, 2.75) is 44.2 Å². The second-order valence-electron chi connectivity index (χ2n) is 9.67. The topological polar surface area (TPSA) is 144 Å². The van der Waals surface area contributed by atoms with Crippen LogP contribution in [0.5, 0.6) is 5.88 Å². The number of carbonyl (C=O) groups excluding carboxylic acids is 1. The highest BCUT2D eigenvalue weighted by Gasteiger charge is 2.22. The van der Waals surface area contributed by atoms with Gasteiger partial charge in [-0.15, -0.1) is 11.3 Å². The minimum absolute atomic E-state index is 0.0777. The summed E-state index contributed by atoms with van der Waals surface area (Å²) in [5, 5.41) is 18.1. The van der Waals surface area contributed by atoms with Gasteiger partial charge in [-0.05, 0) is 63.9 Å². The van der Waals surface area contributed by atoms with E-state index in [4.69, 9.17) is 9.98 Å². The van der Waals surface area contributed by atoms with Gasteiger partial charge in [-0.3, -0.25) is 14.8 Å². The van der Waals surface area contributed by atoms with Gasteiger partial charge in [-0.25, -0.2) is 9.78 Å². The van der Waals surface area contributed by atoms with Crippen molar-refractivity contribution < 1.29 is 9.90 Å². The van der Waals surface area contributed by atoms with Gasteiger partial charge in [0.2, 0.25) is 5.88 Å². The van der Waals surface area contributed by atoms with Crippen LogP contribution in [0.3, 0.4) is 0 Å². The molecule has 37 heavy (non-hydrogen) atoms. The van der Waals surface area contributed by atoms with Crippen molar-refractivity contribution in [1.82, 2.24) is 34.8 Å². The first-order valence-electron chi connectivity index (χ1n) is 12.5. The summed E-state index contributed by atoms with van der Waals surface area (Å²) in [6, 6.07) is 6.42. The lowest BCUT2D eigenvalue weighted by molar-refractivity contribution is 0.0954. The Morgan fingerprint density at radius 1 is 1.32 bits per heavy atom. The number of aromatic amines is 2. The number of thiophene rings is 1. The molecule has 2 aliphatic rings. The number of amides is 1. The van der Waals surface area contributed by atoms with Gasteiger partial charge in [0.15, 0.2) is 11.1 Å². The van der Waals surface area contributed by atoms with Crippen LogP contribution in [0.25, 0.3) is 22.3 Å². The van der Waals surface area contributed by atoms with Gasteiger partial charge in [0, 0.05) is 23.9 Å². The highest BCUT2D eigenvalue weighted by Crippen LogP contribution is 2.27. The standard InChI is InChI=1S/C25H28N8O3S/c1-32-10-2-3-16(32)8-9-26-24(35)20-7-6-19(37-20)17-12-21(28-15-4-5-15)33-22(29-17)14(13-27-33)11-18-23(34)31-25(36)30-18/h6-7,11-13,15-16,34H,2-5,8-10H2,1H3,(H,26,35)(H2,30,31,36). The van der Waals surface area contributed by atoms with E-state index >= 15 is 0 Å². The Labute approximate surface area is 215 Å². The summed E-state index contributed by atoms with van der Waals surface area (Å²) in [5.41, 5.74) is 1.64. The molecule has 1 unspecified atom stereocenters. The van der Waals surface area contributed by atoms with Crippen LogP contribution in [-0.4, -0.2) is 72.7 Å². The third-order valence-electron chi connectivity index (χ3n) is 6.89. The minimum atomic E-state index is -0.502. The number of imidazole rings is 1. The van der Waals surface area contributed by atoms with Crippen LogP contribution >= 0.6 is 11.3 Å². The number of likely N-dealkylation sites (tertiary alicyclic amines) is 1. The van der Waals surface area contributed by atoms with Crippen molar-refractivity contribution in [1.29, 1.82) is 0 Å². The highest BCUT2D eigenvalue weighted by atomic mass is 32.1. The van der Waals surface area contributed by atoms with Gasteiger partial charge in [0.05, 0.1) is 27.7 Å². The van der Waals surface area contributed by atoms with E-state index in [1.165, 1.54) is 24.2 Å². The average molecular weight is 521 g/mol. The lowest BCUT2D eigenvalue weighted by Gasteiger charge is -2.19. The summed E-state index contributed by atoms with van der Waals surface area (Å²) in [6.07, 6.45) is 8.67. The third-order valence-corrected chi connectivity index (χ3v) is 8.00. The van der Waals surface area contributed by atoms with Gasteiger partial charge in [-0.2, -0.15) is 9.61 Å². The Balaban J connectivity index is 1.31. The van der Waals surface area contributed by atoms with E-state index < -0.39 is 5.69 Å². The quantitative estimate of drug-likeness (QED) is 0.286. The number of aromatic nitrogens is 5. The molecule has 4 aromatic heterocycles. The van der Waals surface area contributed by atoms with Crippen molar-refractivity contribution in [3.63, 3.8) is 0 Å². The van der Waals surface area contributed by atoms with E-state index in [1.54, 1.807) is 16.8 Å². The largest absolute Gasteiger partial charge is 0.493 e. The van der Waals surface area contributed by atoms with Crippen LogP contribution in [0.2, 0.25) is 0 Å². The number of nitrogens with zero attached hydrogens (tertiary/aromatic N) is 5. The molecule has 1 aliphatic carbocycles. The highest BCUT2D eigenvalue weighted by molar-refractivity contribution is 7.17. The summed E-state index contributed by atoms with van der Waals surface area (Å²) in [6.45, 7) is 1.78. The minimum Gasteiger partial charge on any atom is -0.493 e. The van der Waals surface area contributed by atoms with Crippen LogP contribution in [0.15, 0.2) is 34.2 Å². The van der Waals surface area contributed by atoms with Crippen LogP contribution in [0.1, 0.15) is 47.5 Å². The molecule has 1 atom stereocenters. The summed E-state index contributed by atoms with van der Waals surface area (Å²) >= 11 is 1.39. The smallest absolute Gasteiger partial charge is 0.326 e. The number of hydrogen-bond donors (Lipinski definition) is 4. The molecule has 4 aromatic rings. The molecule has 6 rings (SSSR count). The molecule has 1 aliphatic heterocycles. The summed E-state index contributed by atoms with van der Waals surface area (Å²) < 4.78 is 1.66. The molecular weight excluding hydrogens is 492 g/mol. The fourth-order valence-electron chi connectivity index (χ4n) is 4.70. The molecule has 1 saturated carbocycles.